The number of rotatable bonds is 9. The minimum Gasteiger partial charge on any atom is -0.390 e. The quantitative estimate of drug-likeness (QED) is 0.452. The molecule has 9 nitrogen and oxygen atoms in total. The normalized spacial score (nSPS) is 16.4. The summed E-state index contributed by atoms with van der Waals surface area (Å²) in [5.74, 6) is -0.762. The van der Waals surface area contributed by atoms with Crippen molar-refractivity contribution in [2.45, 2.75) is 51.4 Å². The number of amides is 2. The summed E-state index contributed by atoms with van der Waals surface area (Å²) in [6.45, 7) is 6.44. The van der Waals surface area contributed by atoms with E-state index in [1.807, 2.05) is 0 Å². The van der Waals surface area contributed by atoms with Gasteiger partial charge in [0.1, 0.15) is 6.04 Å². The van der Waals surface area contributed by atoms with Crippen molar-refractivity contribution < 1.29 is 23.1 Å². The summed E-state index contributed by atoms with van der Waals surface area (Å²) in [6.07, 6.45) is -0.0441. The van der Waals surface area contributed by atoms with Gasteiger partial charge in [0.15, 0.2) is 0 Å². The molecule has 0 aliphatic rings. The van der Waals surface area contributed by atoms with E-state index in [0.717, 1.165) is 10.6 Å². The molecule has 0 aromatic heterocycles. The molecular formula is C15H32N4O5S. The molecule has 3 unspecified atom stereocenters. The van der Waals surface area contributed by atoms with Crippen molar-refractivity contribution in [3.05, 3.63) is 0 Å². The fraction of sp³-hybridized carbons (Fsp3) is 0.867. The Kier molecular flexibility index (Phi) is 8.49. The molecule has 0 aliphatic heterocycles. The SMILES string of the molecule is CC(NC(=O)C(C)(C)N(C)C)C(=O)NC(C)C(O)CN(C)S(C)(=O)=O. The van der Waals surface area contributed by atoms with Crippen LogP contribution in [0, 0.1) is 0 Å². The number of sulfonamides is 1. The zero-order valence-corrected chi connectivity index (χ0v) is 17.1. The van der Waals surface area contributed by atoms with Crippen LogP contribution >= 0.6 is 0 Å². The van der Waals surface area contributed by atoms with E-state index in [2.05, 4.69) is 10.6 Å². The van der Waals surface area contributed by atoms with Crippen LogP contribution in [-0.4, -0.2) is 92.2 Å². The topological polar surface area (TPSA) is 119 Å². The van der Waals surface area contributed by atoms with E-state index >= 15 is 0 Å². The molecule has 0 aromatic rings. The van der Waals surface area contributed by atoms with Crippen molar-refractivity contribution in [3.8, 4) is 0 Å². The summed E-state index contributed by atoms with van der Waals surface area (Å²) in [4.78, 5) is 26.2. The number of hydrogen-bond acceptors (Lipinski definition) is 6. The van der Waals surface area contributed by atoms with Crippen molar-refractivity contribution in [1.82, 2.24) is 19.8 Å². The molecule has 0 radical (unpaired) electrons. The van der Waals surface area contributed by atoms with Gasteiger partial charge in [-0.3, -0.25) is 14.5 Å². The molecule has 0 spiro atoms. The van der Waals surface area contributed by atoms with Gasteiger partial charge in [-0.2, -0.15) is 0 Å². The second-order valence-corrected chi connectivity index (χ2v) is 9.15. The Labute approximate surface area is 150 Å². The minimum atomic E-state index is -3.42. The number of carbonyl (C=O) groups excluding carboxylic acids is 2. The summed E-state index contributed by atoms with van der Waals surface area (Å²) in [5.41, 5.74) is -0.780. The second kappa shape index (κ2) is 8.93. The molecule has 0 aromatic carbocycles. The Balaban J connectivity index is 4.69. The smallest absolute Gasteiger partial charge is 0.242 e. The molecule has 0 fully saturated rings. The molecule has 25 heavy (non-hydrogen) atoms. The maximum Gasteiger partial charge on any atom is 0.242 e. The monoisotopic (exact) mass is 380 g/mol. The first kappa shape index (κ1) is 23.8. The van der Waals surface area contributed by atoms with Crippen molar-refractivity contribution in [1.29, 1.82) is 0 Å². The minimum absolute atomic E-state index is 0.144. The summed E-state index contributed by atoms with van der Waals surface area (Å²) >= 11 is 0. The third-order valence-corrected chi connectivity index (χ3v) is 5.65. The number of hydrogen-bond donors (Lipinski definition) is 3. The van der Waals surface area contributed by atoms with E-state index < -0.39 is 39.7 Å². The standard InChI is InChI=1S/C15H32N4O5S/c1-10(12(20)9-19(7)25(8,23)24)16-13(21)11(2)17-14(22)15(3,4)18(5)6/h10-12,20H,9H2,1-8H3,(H,16,21)(H,17,22). The Bertz CT molecular complexity index is 576. The third kappa shape index (κ3) is 7.27. The molecule has 0 saturated carbocycles. The van der Waals surface area contributed by atoms with Gasteiger partial charge in [-0.1, -0.05) is 0 Å². The molecule has 3 N–H and O–H groups in total. The van der Waals surface area contributed by atoms with E-state index in [1.54, 1.807) is 46.7 Å². The van der Waals surface area contributed by atoms with Gasteiger partial charge in [0, 0.05) is 13.6 Å². The highest BCUT2D eigenvalue weighted by atomic mass is 32.2. The fourth-order valence-corrected chi connectivity index (χ4v) is 2.07. The van der Waals surface area contributed by atoms with Crippen molar-refractivity contribution in [3.63, 3.8) is 0 Å². The summed E-state index contributed by atoms with van der Waals surface area (Å²) in [7, 11) is 1.46. The van der Waals surface area contributed by atoms with Gasteiger partial charge in [-0.25, -0.2) is 12.7 Å². The molecule has 3 atom stereocenters. The predicted molar refractivity (Wildman–Crippen MR) is 96.5 cm³/mol. The van der Waals surface area contributed by atoms with Crippen LogP contribution in [0.15, 0.2) is 0 Å². The Morgan fingerprint density at radius 1 is 1.12 bits per heavy atom. The number of nitrogens with zero attached hydrogens (tertiary/aromatic N) is 2. The molecule has 0 saturated heterocycles. The average Bonchev–Trinajstić information content (AvgIpc) is 2.45. The van der Waals surface area contributed by atoms with Crippen molar-refractivity contribution in [2.24, 2.45) is 0 Å². The predicted octanol–water partition coefficient (Wildman–Crippen LogP) is -1.41. The highest BCUT2D eigenvalue weighted by Gasteiger charge is 2.32. The Morgan fingerprint density at radius 2 is 1.60 bits per heavy atom. The van der Waals surface area contributed by atoms with E-state index in [0.29, 0.717) is 0 Å². The van der Waals surface area contributed by atoms with Crippen LogP contribution in [-0.2, 0) is 19.6 Å². The molecular weight excluding hydrogens is 348 g/mol. The molecule has 148 valence electrons. The number of aliphatic hydroxyl groups excluding tert-OH is 1. The lowest BCUT2D eigenvalue weighted by atomic mass is 10.0. The molecule has 0 rings (SSSR count). The van der Waals surface area contributed by atoms with Crippen LogP contribution in [0.5, 0.6) is 0 Å². The maximum atomic E-state index is 12.2. The van der Waals surface area contributed by atoms with Crippen LogP contribution in [0.1, 0.15) is 27.7 Å². The number of aliphatic hydroxyl groups is 1. The Morgan fingerprint density at radius 3 is 2.00 bits per heavy atom. The van der Waals surface area contributed by atoms with Crippen molar-refractivity contribution >= 4 is 21.8 Å². The highest BCUT2D eigenvalue weighted by molar-refractivity contribution is 7.88. The van der Waals surface area contributed by atoms with Crippen molar-refractivity contribution in [2.75, 3.05) is 33.9 Å². The number of nitrogens with one attached hydrogen (secondary N) is 2. The van der Waals surface area contributed by atoms with Crippen LogP contribution in [0.25, 0.3) is 0 Å². The van der Waals surface area contributed by atoms with E-state index in [4.69, 9.17) is 0 Å². The largest absolute Gasteiger partial charge is 0.390 e. The molecule has 0 aliphatic carbocycles. The highest BCUT2D eigenvalue weighted by Crippen LogP contribution is 2.10. The van der Waals surface area contributed by atoms with Crippen LogP contribution in [0.2, 0.25) is 0 Å². The van der Waals surface area contributed by atoms with Crippen LogP contribution in [0.4, 0.5) is 0 Å². The first-order chi connectivity index (χ1) is 11.1. The van der Waals surface area contributed by atoms with E-state index in [-0.39, 0.29) is 12.5 Å². The van der Waals surface area contributed by atoms with E-state index in [1.165, 1.54) is 7.05 Å². The van der Waals surface area contributed by atoms with Gasteiger partial charge >= 0.3 is 0 Å². The lowest BCUT2D eigenvalue weighted by Crippen LogP contribution is -2.58. The summed E-state index contributed by atoms with van der Waals surface area (Å²) in [5, 5.41) is 15.3. The lowest BCUT2D eigenvalue weighted by Gasteiger charge is -2.32. The zero-order chi connectivity index (χ0) is 20.2. The van der Waals surface area contributed by atoms with E-state index in [9.17, 15) is 23.1 Å². The van der Waals surface area contributed by atoms with Gasteiger partial charge < -0.3 is 15.7 Å². The second-order valence-electron chi connectivity index (χ2n) is 7.06. The zero-order valence-electron chi connectivity index (χ0n) is 16.3. The lowest BCUT2D eigenvalue weighted by molar-refractivity contribution is -0.134. The van der Waals surface area contributed by atoms with Gasteiger partial charge in [0.2, 0.25) is 21.8 Å². The van der Waals surface area contributed by atoms with Gasteiger partial charge in [0.25, 0.3) is 0 Å². The van der Waals surface area contributed by atoms with Gasteiger partial charge in [-0.15, -0.1) is 0 Å². The first-order valence-electron chi connectivity index (χ1n) is 7.98. The first-order valence-corrected chi connectivity index (χ1v) is 9.83. The summed E-state index contributed by atoms with van der Waals surface area (Å²) < 4.78 is 23.7. The maximum absolute atomic E-state index is 12.2. The average molecular weight is 381 g/mol. The number of likely N-dealkylation sites (N-methyl/N-ethyl adjacent to an activating group) is 2. The molecule has 0 bridgehead atoms. The molecule has 2 amide bonds. The van der Waals surface area contributed by atoms with Crippen LogP contribution in [0.3, 0.4) is 0 Å². The summed E-state index contributed by atoms with van der Waals surface area (Å²) in [6, 6.07) is -1.48. The number of carbonyl (C=O) groups is 2. The van der Waals surface area contributed by atoms with Gasteiger partial charge in [0.05, 0.1) is 23.9 Å². The molecule has 0 heterocycles. The Hall–Kier alpha value is -1.23. The van der Waals surface area contributed by atoms with Crippen LogP contribution < -0.4 is 10.6 Å². The fourth-order valence-electron chi connectivity index (χ4n) is 1.64. The van der Waals surface area contributed by atoms with Gasteiger partial charge in [-0.05, 0) is 41.8 Å². The third-order valence-electron chi connectivity index (χ3n) is 4.37. The molecule has 10 heteroatoms.